The maximum atomic E-state index is 5.89. The van der Waals surface area contributed by atoms with Crippen molar-refractivity contribution in [3.8, 4) is 5.88 Å². The lowest BCUT2D eigenvalue weighted by Crippen LogP contribution is -2.05. The number of nitrogens with zero attached hydrogens (tertiary/aromatic N) is 3. The van der Waals surface area contributed by atoms with Gasteiger partial charge in [0.15, 0.2) is 5.65 Å². The molecule has 102 valence electrons. The third-order valence-corrected chi connectivity index (χ3v) is 4.04. The Hall–Kier alpha value is -1.29. The van der Waals surface area contributed by atoms with Crippen molar-refractivity contribution in [1.82, 2.24) is 14.5 Å². The molecule has 2 aromatic heterocycles. The zero-order chi connectivity index (χ0) is 13.4. The molecule has 1 fully saturated rings. The van der Waals surface area contributed by atoms with E-state index in [0.717, 1.165) is 29.3 Å². The minimum Gasteiger partial charge on any atom is -0.481 e. The number of rotatable bonds is 5. The highest BCUT2D eigenvalue weighted by Crippen LogP contribution is 2.47. The second-order valence-corrected chi connectivity index (χ2v) is 5.38. The molecule has 3 rings (SSSR count). The molecule has 0 radical (unpaired) electrons. The molecule has 0 N–H and O–H groups in total. The van der Waals surface area contributed by atoms with Gasteiger partial charge in [-0.05, 0) is 18.4 Å². The quantitative estimate of drug-likeness (QED) is 0.789. The van der Waals surface area contributed by atoms with E-state index in [0.29, 0.717) is 17.8 Å². The smallest absolute Gasteiger partial charge is 0.215 e. The molecule has 1 saturated carbocycles. The number of pyridine rings is 1. The van der Waals surface area contributed by atoms with Gasteiger partial charge >= 0.3 is 0 Å². The number of ether oxygens (including phenoxy) is 1. The fourth-order valence-electron chi connectivity index (χ4n) is 2.71. The average Bonchev–Trinajstić information content (AvgIpc) is 3.12. The molecule has 1 aliphatic carbocycles. The molecule has 0 aromatic carbocycles. The van der Waals surface area contributed by atoms with Crippen LogP contribution in [0, 0.1) is 5.92 Å². The van der Waals surface area contributed by atoms with Crippen LogP contribution in [0.3, 0.4) is 0 Å². The molecule has 19 heavy (non-hydrogen) atoms. The third kappa shape index (κ3) is 2.18. The van der Waals surface area contributed by atoms with E-state index in [-0.39, 0.29) is 0 Å². The molecule has 0 amide bonds. The van der Waals surface area contributed by atoms with Crippen molar-refractivity contribution in [3.63, 3.8) is 0 Å². The maximum absolute atomic E-state index is 5.89. The van der Waals surface area contributed by atoms with Crippen LogP contribution in [-0.4, -0.2) is 27.5 Å². The molecular weight excluding hydrogens is 262 g/mol. The number of hydrogen-bond donors (Lipinski definition) is 0. The van der Waals surface area contributed by atoms with Crippen LogP contribution in [0.4, 0.5) is 0 Å². The topological polar surface area (TPSA) is 39.9 Å². The van der Waals surface area contributed by atoms with E-state index in [4.69, 9.17) is 16.3 Å². The Kier molecular flexibility index (Phi) is 3.35. The SMILES string of the molecule is CCC1CC1n1c(CCCl)nc2ccc(OC)nc21. The molecule has 5 heteroatoms. The predicted molar refractivity (Wildman–Crippen MR) is 75.9 cm³/mol. The molecule has 0 saturated heterocycles. The van der Waals surface area contributed by atoms with Gasteiger partial charge in [-0.25, -0.2) is 4.98 Å². The summed E-state index contributed by atoms with van der Waals surface area (Å²) in [6.07, 6.45) is 3.21. The van der Waals surface area contributed by atoms with Gasteiger partial charge in [-0.2, -0.15) is 4.98 Å². The van der Waals surface area contributed by atoms with Crippen molar-refractivity contribution in [2.45, 2.75) is 32.2 Å². The number of fused-ring (bicyclic) bond motifs is 1. The first-order valence-corrected chi connectivity index (χ1v) is 7.29. The molecule has 0 spiro atoms. The summed E-state index contributed by atoms with van der Waals surface area (Å²) in [4.78, 5) is 9.23. The van der Waals surface area contributed by atoms with Crippen LogP contribution >= 0.6 is 11.6 Å². The van der Waals surface area contributed by atoms with E-state index >= 15 is 0 Å². The molecule has 2 atom stereocenters. The number of aromatic nitrogens is 3. The number of alkyl halides is 1. The van der Waals surface area contributed by atoms with Crippen LogP contribution in [0.15, 0.2) is 12.1 Å². The molecule has 2 unspecified atom stereocenters. The van der Waals surface area contributed by atoms with Crippen molar-refractivity contribution < 1.29 is 4.74 Å². The molecule has 2 heterocycles. The Bertz CT molecular complexity index is 596. The Morgan fingerprint density at radius 2 is 2.26 bits per heavy atom. The van der Waals surface area contributed by atoms with Gasteiger partial charge in [-0.1, -0.05) is 13.3 Å². The summed E-state index contributed by atoms with van der Waals surface area (Å²) in [6, 6.07) is 4.36. The largest absolute Gasteiger partial charge is 0.481 e. The lowest BCUT2D eigenvalue weighted by molar-refractivity contribution is 0.399. The summed E-state index contributed by atoms with van der Waals surface area (Å²) in [7, 11) is 1.64. The first-order chi connectivity index (χ1) is 9.28. The maximum Gasteiger partial charge on any atom is 0.215 e. The number of halogens is 1. The zero-order valence-electron chi connectivity index (χ0n) is 11.3. The monoisotopic (exact) mass is 279 g/mol. The highest BCUT2D eigenvalue weighted by Gasteiger charge is 2.39. The molecule has 0 bridgehead atoms. The van der Waals surface area contributed by atoms with Crippen molar-refractivity contribution >= 4 is 22.8 Å². The van der Waals surface area contributed by atoms with E-state index in [1.54, 1.807) is 7.11 Å². The number of hydrogen-bond acceptors (Lipinski definition) is 3. The van der Waals surface area contributed by atoms with E-state index in [1.807, 2.05) is 12.1 Å². The molecule has 2 aromatic rings. The van der Waals surface area contributed by atoms with Gasteiger partial charge < -0.3 is 9.30 Å². The number of aryl methyl sites for hydroxylation is 1. The fraction of sp³-hybridized carbons (Fsp3) is 0.571. The van der Waals surface area contributed by atoms with E-state index in [1.165, 1.54) is 12.8 Å². The van der Waals surface area contributed by atoms with Crippen LogP contribution in [0.25, 0.3) is 11.2 Å². The van der Waals surface area contributed by atoms with Crippen LogP contribution in [0.2, 0.25) is 0 Å². The van der Waals surface area contributed by atoms with Gasteiger partial charge in [0.1, 0.15) is 11.3 Å². The molecule has 0 aliphatic heterocycles. The van der Waals surface area contributed by atoms with Gasteiger partial charge in [0.25, 0.3) is 0 Å². The van der Waals surface area contributed by atoms with Gasteiger partial charge in [0.2, 0.25) is 5.88 Å². The summed E-state index contributed by atoms with van der Waals surface area (Å²) in [5.41, 5.74) is 1.86. The first kappa shape index (κ1) is 12.7. The van der Waals surface area contributed by atoms with Crippen molar-refractivity contribution in [2.24, 2.45) is 5.92 Å². The fourth-order valence-corrected chi connectivity index (χ4v) is 2.88. The van der Waals surface area contributed by atoms with Crippen molar-refractivity contribution in [2.75, 3.05) is 13.0 Å². The molecule has 4 nitrogen and oxygen atoms in total. The van der Waals surface area contributed by atoms with Crippen molar-refractivity contribution in [1.29, 1.82) is 0 Å². The van der Waals surface area contributed by atoms with Gasteiger partial charge in [-0.3, -0.25) is 0 Å². The van der Waals surface area contributed by atoms with Gasteiger partial charge in [0.05, 0.1) is 7.11 Å². The lowest BCUT2D eigenvalue weighted by Gasteiger charge is -2.07. The summed E-state index contributed by atoms with van der Waals surface area (Å²) in [5, 5.41) is 0. The van der Waals surface area contributed by atoms with Crippen LogP contribution in [0.1, 0.15) is 31.6 Å². The summed E-state index contributed by atoms with van der Waals surface area (Å²) < 4.78 is 7.49. The summed E-state index contributed by atoms with van der Waals surface area (Å²) >= 11 is 5.89. The van der Waals surface area contributed by atoms with E-state index in [9.17, 15) is 0 Å². The number of imidazole rings is 1. The van der Waals surface area contributed by atoms with Crippen LogP contribution < -0.4 is 4.74 Å². The van der Waals surface area contributed by atoms with E-state index < -0.39 is 0 Å². The van der Waals surface area contributed by atoms with Gasteiger partial charge in [0, 0.05) is 24.4 Å². The lowest BCUT2D eigenvalue weighted by atomic mass is 10.3. The van der Waals surface area contributed by atoms with Crippen LogP contribution in [-0.2, 0) is 6.42 Å². The minimum atomic E-state index is 0.535. The molecule has 1 aliphatic rings. The normalized spacial score (nSPS) is 21.8. The van der Waals surface area contributed by atoms with Crippen LogP contribution in [0.5, 0.6) is 5.88 Å². The third-order valence-electron chi connectivity index (χ3n) is 3.85. The predicted octanol–water partition coefficient (Wildman–Crippen LogP) is 3.19. The highest BCUT2D eigenvalue weighted by atomic mass is 35.5. The second kappa shape index (κ2) is 5.00. The standard InChI is InChI=1S/C14H18ClN3O/c1-3-9-8-11(9)18-12(6-7-15)16-10-4-5-13(19-2)17-14(10)18/h4-5,9,11H,3,6-8H2,1-2H3. The Labute approximate surface area is 117 Å². The van der Waals surface area contributed by atoms with Crippen molar-refractivity contribution in [3.05, 3.63) is 18.0 Å². The average molecular weight is 280 g/mol. The second-order valence-electron chi connectivity index (χ2n) is 5.00. The Balaban J connectivity index is 2.10. The number of methoxy groups -OCH3 is 1. The summed E-state index contributed by atoms with van der Waals surface area (Å²) in [5.74, 6) is 3.02. The first-order valence-electron chi connectivity index (χ1n) is 6.76. The minimum absolute atomic E-state index is 0.535. The Morgan fingerprint density at radius 1 is 1.42 bits per heavy atom. The summed E-state index contributed by atoms with van der Waals surface area (Å²) in [6.45, 7) is 2.24. The van der Waals surface area contributed by atoms with Gasteiger partial charge in [-0.15, -0.1) is 11.6 Å². The zero-order valence-corrected chi connectivity index (χ0v) is 12.0. The van der Waals surface area contributed by atoms with E-state index in [2.05, 4.69) is 21.5 Å². The highest BCUT2D eigenvalue weighted by molar-refractivity contribution is 6.17. The molecular formula is C14H18ClN3O. The Morgan fingerprint density at radius 3 is 2.89 bits per heavy atom.